The first-order valence-corrected chi connectivity index (χ1v) is 8.63. The Balaban J connectivity index is 1.85. The van der Waals surface area contributed by atoms with E-state index in [2.05, 4.69) is 0 Å². The highest BCUT2D eigenvalue weighted by Crippen LogP contribution is 2.30. The number of carbonyl (C=O) groups is 1. The molecule has 8 heteroatoms. The van der Waals surface area contributed by atoms with Crippen LogP contribution in [-0.4, -0.2) is 42.2 Å². The molecule has 0 aliphatic carbocycles. The average Bonchev–Trinajstić information content (AvgIpc) is 2.65. The number of carbonyl (C=O) groups excluding carboxylic acids is 1. The van der Waals surface area contributed by atoms with Crippen molar-refractivity contribution >= 4 is 5.91 Å². The normalized spacial score (nSPS) is 13.7. The highest BCUT2D eigenvalue weighted by Gasteiger charge is 2.30. The first-order valence-electron chi connectivity index (χ1n) is 8.63. The zero-order valence-electron chi connectivity index (χ0n) is 15.6. The third-order valence-electron chi connectivity index (χ3n) is 4.19. The molecule has 2 aromatic carbocycles. The Labute approximate surface area is 161 Å². The summed E-state index contributed by atoms with van der Waals surface area (Å²) in [5, 5.41) is 10.1. The number of rotatable bonds is 7. The predicted molar refractivity (Wildman–Crippen MR) is 98.7 cm³/mol. The molecule has 28 heavy (non-hydrogen) atoms. The Bertz CT molecular complexity index is 777. The molecule has 152 valence electrons. The molecule has 0 saturated carbocycles. The monoisotopic (exact) mass is 396 g/mol. The van der Waals surface area contributed by atoms with Crippen LogP contribution in [0, 0.1) is 6.92 Å². The second-order valence-electron chi connectivity index (χ2n) is 6.59. The number of nitrogens with zero attached hydrogens (tertiary/aromatic N) is 1. The van der Waals surface area contributed by atoms with Gasteiger partial charge in [0.1, 0.15) is 24.5 Å². The summed E-state index contributed by atoms with van der Waals surface area (Å²) >= 11 is 0. The maximum atomic E-state index is 12.5. The number of hydrogen-bond acceptors (Lipinski definition) is 4. The van der Waals surface area contributed by atoms with Gasteiger partial charge in [0.05, 0.1) is 5.56 Å². The summed E-state index contributed by atoms with van der Waals surface area (Å²) in [6.07, 6.45) is -5.45. The van der Waals surface area contributed by atoms with Gasteiger partial charge in [0.2, 0.25) is 5.91 Å². The average molecular weight is 396 g/mol. The molecule has 2 atom stereocenters. The maximum Gasteiger partial charge on any atom is 0.416 e. The van der Waals surface area contributed by atoms with Crippen molar-refractivity contribution in [2.24, 2.45) is 5.73 Å². The van der Waals surface area contributed by atoms with E-state index in [9.17, 15) is 23.1 Å². The fourth-order valence-electron chi connectivity index (χ4n) is 2.55. The van der Waals surface area contributed by atoms with E-state index in [0.29, 0.717) is 5.56 Å². The van der Waals surface area contributed by atoms with Crippen molar-refractivity contribution in [2.75, 3.05) is 20.2 Å². The maximum absolute atomic E-state index is 12.5. The number of amides is 1. The van der Waals surface area contributed by atoms with Gasteiger partial charge in [0.25, 0.3) is 0 Å². The second kappa shape index (κ2) is 9.07. The van der Waals surface area contributed by atoms with Crippen LogP contribution in [-0.2, 0) is 11.0 Å². The van der Waals surface area contributed by atoms with Gasteiger partial charge in [-0.3, -0.25) is 4.79 Å². The summed E-state index contributed by atoms with van der Waals surface area (Å²) in [6, 6.07) is 10.6. The van der Waals surface area contributed by atoms with E-state index >= 15 is 0 Å². The van der Waals surface area contributed by atoms with Crippen molar-refractivity contribution in [3.63, 3.8) is 0 Å². The number of benzene rings is 2. The molecule has 1 amide bonds. The molecule has 0 aliphatic heterocycles. The molecule has 0 fully saturated rings. The zero-order valence-corrected chi connectivity index (χ0v) is 15.6. The zero-order chi connectivity index (χ0) is 20.9. The molecule has 2 aromatic rings. The van der Waals surface area contributed by atoms with Crippen LogP contribution in [0.1, 0.15) is 22.7 Å². The molecule has 0 aromatic heterocycles. The molecule has 0 spiro atoms. The topological polar surface area (TPSA) is 75.8 Å². The molecule has 2 rings (SSSR count). The molecular weight excluding hydrogens is 373 g/mol. The van der Waals surface area contributed by atoms with Gasteiger partial charge in [-0.1, -0.05) is 29.8 Å². The molecule has 0 aliphatic rings. The smallest absolute Gasteiger partial charge is 0.416 e. The number of nitrogens with two attached hydrogens (primary N) is 1. The van der Waals surface area contributed by atoms with E-state index in [4.69, 9.17) is 10.5 Å². The minimum Gasteiger partial charge on any atom is -0.491 e. The lowest BCUT2D eigenvalue weighted by atomic mass is 10.0. The van der Waals surface area contributed by atoms with Crippen LogP contribution in [0.3, 0.4) is 0 Å². The number of aliphatic hydroxyl groups excluding tert-OH is 1. The molecule has 0 saturated heterocycles. The van der Waals surface area contributed by atoms with Gasteiger partial charge in [-0.2, -0.15) is 13.2 Å². The van der Waals surface area contributed by atoms with Crippen LogP contribution in [0.25, 0.3) is 0 Å². The Morgan fingerprint density at radius 2 is 1.71 bits per heavy atom. The van der Waals surface area contributed by atoms with Crippen molar-refractivity contribution in [3.8, 4) is 5.75 Å². The van der Waals surface area contributed by atoms with Crippen LogP contribution in [0.5, 0.6) is 5.75 Å². The van der Waals surface area contributed by atoms with Gasteiger partial charge < -0.3 is 20.5 Å². The van der Waals surface area contributed by atoms with Crippen molar-refractivity contribution in [2.45, 2.75) is 25.2 Å². The van der Waals surface area contributed by atoms with Crippen molar-refractivity contribution in [1.29, 1.82) is 0 Å². The molecule has 0 heterocycles. The van der Waals surface area contributed by atoms with Gasteiger partial charge in [0, 0.05) is 13.6 Å². The Kier molecular flexibility index (Phi) is 7.04. The van der Waals surface area contributed by atoms with Crippen LogP contribution < -0.4 is 10.5 Å². The summed E-state index contributed by atoms with van der Waals surface area (Å²) in [7, 11) is 1.51. The van der Waals surface area contributed by atoms with E-state index in [0.717, 1.165) is 17.7 Å². The number of halogens is 3. The minimum atomic E-state index is -4.42. The largest absolute Gasteiger partial charge is 0.491 e. The number of hydrogen-bond donors (Lipinski definition) is 2. The molecule has 2 unspecified atom stereocenters. The molecule has 5 nitrogen and oxygen atoms in total. The number of ether oxygens (including phenoxy) is 1. The minimum absolute atomic E-state index is 0.0287. The first-order chi connectivity index (χ1) is 13.1. The third kappa shape index (κ3) is 5.97. The summed E-state index contributed by atoms with van der Waals surface area (Å²) in [6.45, 7) is 1.72. The van der Waals surface area contributed by atoms with Gasteiger partial charge >= 0.3 is 6.18 Å². The molecule has 0 bridgehead atoms. The summed E-state index contributed by atoms with van der Waals surface area (Å²) in [5.74, 6) is -0.171. The summed E-state index contributed by atoms with van der Waals surface area (Å²) in [4.78, 5) is 13.7. The Hall–Kier alpha value is -2.58. The van der Waals surface area contributed by atoms with Crippen LogP contribution in [0.15, 0.2) is 48.5 Å². The second-order valence-corrected chi connectivity index (χ2v) is 6.59. The van der Waals surface area contributed by atoms with Crippen LogP contribution in [0.2, 0.25) is 0 Å². The highest BCUT2D eigenvalue weighted by atomic mass is 19.4. The van der Waals surface area contributed by atoms with Gasteiger partial charge in [-0.15, -0.1) is 0 Å². The summed E-state index contributed by atoms with van der Waals surface area (Å²) < 4.78 is 42.9. The van der Waals surface area contributed by atoms with Gasteiger partial charge in [0.15, 0.2) is 0 Å². The predicted octanol–water partition coefficient (Wildman–Crippen LogP) is 2.91. The summed E-state index contributed by atoms with van der Waals surface area (Å²) in [5.41, 5.74) is 6.92. The number of alkyl halides is 3. The van der Waals surface area contributed by atoms with E-state index in [1.807, 2.05) is 19.1 Å². The fourth-order valence-corrected chi connectivity index (χ4v) is 2.55. The van der Waals surface area contributed by atoms with E-state index in [1.165, 1.54) is 24.1 Å². The first kappa shape index (κ1) is 21.7. The Morgan fingerprint density at radius 3 is 2.25 bits per heavy atom. The van der Waals surface area contributed by atoms with Crippen LogP contribution in [0.4, 0.5) is 13.2 Å². The molecule has 3 N–H and O–H groups in total. The lowest BCUT2D eigenvalue weighted by Crippen LogP contribution is -2.41. The van der Waals surface area contributed by atoms with Crippen molar-refractivity contribution < 1.29 is 27.8 Å². The number of aliphatic hydroxyl groups is 1. The standard InChI is InChI=1S/C20H23F3N2O3/c1-13-3-5-14(6-4-13)18(24)19(27)25(2)11-16(26)12-28-17-9-7-15(8-10-17)20(21,22)23/h3-10,16,18,26H,11-12,24H2,1-2H3. The Morgan fingerprint density at radius 1 is 1.14 bits per heavy atom. The van der Waals surface area contributed by atoms with Crippen LogP contribution >= 0.6 is 0 Å². The van der Waals surface area contributed by atoms with Gasteiger partial charge in [-0.25, -0.2) is 0 Å². The highest BCUT2D eigenvalue weighted by molar-refractivity contribution is 5.82. The third-order valence-corrected chi connectivity index (χ3v) is 4.19. The SMILES string of the molecule is Cc1ccc(C(N)C(=O)N(C)CC(O)COc2ccc(C(F)(F)F)cc2)cc1. The number of aryl methyl sites for hydroxylation is 1. The van der Waals surface area contributed by atoms with Crippen molar-refractivity contribution in [3.05, 3.63) is 65.2 Å². The number of likely N-dealkylation sites (N-methyl/N-ethyl adjacent to an activating group) is 1. The molecule has 0 radical (unpaired) electrons. The van der Waals surface area contributed by atoms with E-state index < -0.39 is 23.9 Å². The fraction of sp³-hybridized carbons (Fsp3) is 0.350. The quantitative estimate of drug-likeness (QED) is 0.755. The lowest BCUT2D eigenvalue weighted by molar-refractivity contribution is -0.137. The van der Waals surface area contributed by atoms with E-state index in [1.54, 1.807) is 12.1 Å². The van der Waals surface area contributed by atoms with E-state index in [-0.39, 0.29) is 24.8 Å². The molecular formula is C20H23F3N2O3. The van der Waals surface area contributed by atoms with Gasteiger partial charge in [-0.05, 0) is 36.8 Å². The van der Waals surface area contributed by atoms with Crippen molar-refractivity contribution in [1.82, 2.24) is 4.90 Å². The lowest BCUT2D eigenvalue weighted by Gasteiger charge is -2.24.